The fourth-order valence-corrected chi connectivity index (χ4v) is 6.13. The summed E-state index contributed by atoms with van der Waals surface area (Å²) in [6.45, 7) is 4.74. The smallest absolute Gasteiger partial charge is 0.245 e. The van der Waals surface area contributed by atoms with Crippen molar-refractivity contribution in [3.63, 3.8) is 0 Å². The lowest BCUT2D eigenvalue weighted by atomic mass is 9.66. The predicted molar refractivity (Wildman–Crippen MR) is 125 cm³/mol. The predicted octanol–water partition coefficient (Wildman–Crippen LogP) is 3.70. The lowest BCUT2D eigenvalue weighted by Gasteiger charge is -2.37. The summed E-state index contributed by atoms with van der Waals surface area (Å²) in [5, 5.41) is 16.0. The van der Waals surface area contributed by atoms with Crippen molar-refractivity contribution in [3.8, 4) is 11.3 Å². The molecule has 3 aromatic rings. The van der Waals surface area contributed by atoms with Gasteiger partial charge in [-0.3, -0.25) is 4.79 Å². The van der Waals surface area contributed by atoms with E-state index in [2.05, 4.69) is 44.9 Å². The Labute approximate surface area is 200 Å². The number of nitrogens with one attached hydrogen (secondary N) is 2. The number of hydrogen-bond acceptors (Lipinski definition) is 7. The molecule has 1 aromatic carbocycles. The third-order valence-electron chi connectivity index (χ3n) is 7.85. The molecule has 1 saturated carbocycles. The summed E-state index contributed by atoms with van der Waals surface area (Å²) < 4.78 is 28.9. The highest BCUT2D eigenvalue weighted by Gasteiger charge is 2.65. The number of amides is 1. The molecule has 8 nitrogen and oxygen atoms in total. The van der Waals surface area contributed by atoms with Gasteiger partial charge in [-0.1, -0.05) is 19.9 Å². The maximum absolute atomic E-state index is 14.5. The summed E-state index contributed by atoms with van der Waals surface area (Å²) >= 11 is 0. The average molecular weight is 476 g/mol. The van der Waals surface area contributed by atoms with E-state index in [-0.39, 0.29) is 34.9 Å². The van der Waals surface area contributed by atoms with Crippen LogP contribution in [0.25, 0.3) is 11.3 Å². The molecule has 2 N–H and O–H groups in total. The molecule has 0 spiro atoms. The zero-order chi connectivity index (χ0) is 24.4. The molecule has 178 valence electrons. The van der Waals surface area contributed by atoms with E-state index in [1.54, 1.807) is 12.3 Å². The van der Waals surface area contributed by atoms with Gasteiger partial charge < -0.3 is 5.32 Å². The van der Waals surface area contributed by atoms with Gasteiger partial charge in [-0.15, -0.1) is 5.10 Å². The third kappa shape index (κ3) is 3.08. The van der Waals surface area contributed by atoms with Crippen molar-refractivity contribution in [3.05, 3.63) is 65.1 Å². The molecule has 2 bridgehead atoms. The quantitative estimate of drug-likeness (QED) is 0.583. The van der Waals surface area contributed by atoms with E-state index in [1.807, 2.05) is 6.07 Å². The van der Waals surface area contributed by atoms with E-state index in [4.69, 9.17) is 4.98 Å². The largest absolute Gasteiger partial charge is 0.349 e. The first kappa shape index (κ1) is 21.7. The molecule has 1 amide bonds. The minimum Gasteiger partial charge on any atom is -0.349 e. The zero-order valence-electron chi connectivity index (χ0n) is 19.3. The summed E-state index contributed by atoms with van der Waals surface area (Å²) in [4.78, 5) is 20.6. The molecule has 0 radical (unpaired) electrons. The Morgan fingerprint density at radius 2 is 1.97 bits per heavy atom. The summed E-state index contributed by atoms with van der Waals surface area (Å²) in [7, 11) is 0. The van der Waals surface area contributed by atoms with Gasteiger partial charge >= 0.3 is 0 Å². The molecule has 0 saturated heterocycles. The molecule has 10 heteroatoms. The molecule has 1 fully saturated rings. The van der Waals surface area contributed by atoms with Crippen LogP contribution in [0.15, 0.2) is 41.6 Å². The van der Waals surface area contributed by atoms with Gasteiger partial charge in [0, 0.05) is 6.20 Å². The Morgan fingerprint density at radius 1 is 1.17 bits per heavy atom. The van der Waals surface area contributed by atoms with E-state index < -0.39 is 17.0 Å². The number of fused-ring (bicyclic) bond motifs is 5. The van der Waals surface area contributed by atoms with Crippen molar-refractivity contribution >= 4 is 17.6 Å². The number of aromatic nitrogens is 4. The molecule has 0 unspecified atom stereocenters. The lowest BCUT2D eigenvalue weighted by molar-refractivity contribution is -0.119. The molecule has 3 heterocycles. The average Bonchev–Trinajstić information content (AvgIpc) is 3.43. The van der Waals surface area contributed by atoms with Crippen LogP contribution < -0.4 is 10.7 Å². The van der Waals surface area contributed by atoms with Crippen molar-refractivity contribution in [1.82, 2.24) is 25.6 Å². The second-order valence-electron chi connectivity index (χ2n) is 9.86. The fourth-order valence-electron chi connectivity index (χ4n) is 6.13. The Balaban J connectivity index is 1.39. The second kappa shape index (κ2) is 7.59. The van der Waals surface area contributed by atoms with Gasteiger partial charge in [0.2, 0.25) is 11.9 Å². The summed E-state index contributed by atoms with van der Waals surface area (Å²) in [6, 6.07) is 7.48. The van der Waals surface area contributed by atoms with Crippen LogP contribution in [-0.2, 0) is 10.2 Å². The van der Waals surface area contributed by atoms with Gasteiger partial charge in [-0.25, -0.2) is 24.2 Å². The number of carbonyl (C=O) groups is 1. The van der Waals surface area contributed by atoms with Gasteiger partial charge in [-0.2, -0.15) is 10.2 Å². The monoisotopic (exact) mass is 475 g/mol. The second-order valence-corrected chi connectivity index (χ2v) is 9.86. The molecular weight excluding hydrogens is 452 g/mol. The number of halogens is 2. The van der Waals surface area contributed by atoms with E-state index in [0.717, 1.165) is 29.8 Å². The normalized spacial score (nSPS) is 23.7. The van der Waals surface area contributed by atoms with Crippen LogP contribution in [-0.4, -0.2) is 38.3 Å². The first-order chi connectivity index (χ1) is 16.8. The SMILES string of the molecule is CC1(C)[C@H]2CC[C@]1(c1ccnc(NCC3=NNC(=O)C3)n1)c1nnc(-c3c(F)cccc3F)cc12. The van der Waals surface area contributed by atoms with Gasteiger partial charge in [0.25, 0.3) is 0 Å². The van der Waals surface area contributed by atoms with Crippen LogP contribution in [0, 0.1) is 17.0 Å². The van der Waals surface area contributed by atoms with Crippen LogP contribution in [0.2, 0.25) is 0 Å². The number of hydrazone groups is 1. The topological polar surface area (TPSA) is 105 Å². The van der Waals surface area contributed by atoms with E-state index in [0.29, 0.717) is 18.2 Å². The van der Waals surface area contributed by atoms with E-state index in [1.165, 1.54) is 18.2 Å². The lowest BCUT2D eigenvalue weighted by Crippen LogP contribution is -2.38. The van der Waals surface area contributed by atoms with Crippen molar-refractivity contribution < 1.29 is 13.6 Å². The van der Waals surface area contributed by atoms with Gasteiger partial charge in [0.05, 0.1) is 46.7 Å². The number of carbonyl (C=O) groups excluding carboxylic acids is 1. The van der Waals surface area contributed by atoms with Crippen molar-refractivity contribution in [2.45, 2.75) is 44.4 Å². The minimum absolute atomic E-state index is 0.134. The molecule has 2 aromatic heterocycles. The number of nitrogens with zero attached hydrogens (tertiary/aromatic N) is 5. The summed E-state index contributed by atoms with van der Waals surface area (Å²) in [6.07, 6.45) is 3.69. The maximum Gasteiger partial charge on any atom is 0.245 e. The van der Waals surface area contributed by atoms with Crippen LogP contribution in [0.5, 0.6) is 0 Å². The maximum atomic E-state index is 14.5. The van der Waals surface area contributed by atoms with Gasteiger partial charge in [0.15, 0.2) is 0 Å². The molecule has 35 heavy (non-hydrogen) atoms. The van der Waals surface area contributed by atoms with Crippen molar-refractivity contribution in [2.75, 3.05) is 11.9 Å². The highest BCUT2D eigenvalue weighted by molar-refractivity contribution is 6.06. The zero-order valence-corrected chi connectivity index (χ0v) is 19.3. The highest BCUT2D eigenvalue weighted by Crippen LogP contribution is 2.69. The molecule has 1 aliphatic heterocycles. The van der Waals surface area contributed by atoms with E-state index >= 15 is 0 Å². The van der Waals surface area contributed by atoms with E-state index in [9.17, 15) is 13.6 Å². The first-order valence-electron chi connectivity index (χ1n) is 11.6. The van der Waals surface area contributed by atoms with Crippen LogP contribution in [0.3, 0.4) is 0 Å². The Morgan fingerprint density at radius 3 is 2.71 bits per heavy atom. The van der Waals surface area contributed by atoms with Crippen molar-refractivity contribution in [2.24, 2.45) is 10.5 Å². The fraction of sp³-hybridized carbons (Fsp3) is 0.360. The number of hydrogen-bond donors (Lipinski definition) is 2. The van der Waals surface area contributed by atoms with Crippen molar-refractivity contribution in [1.29, 1.82) is 0 Å². The molecule has 2 aliphatic carbocycles. The third-order valence-corrected chi connectivity index (χ3v) is 7.85. The Hall–Kier alpha value is -3.82. The van der Waals surface area contributed by atoms with Gasteiger partial charge in [-0.05, 0) is 54.0 Å². The molecule has 3 aliphatic rings. The number of benzene rings is 1. The highest BCUT2D eigenvalue weighted by atomic mass is 19.1. The minimum atomic E-state index is -0.660. The van der Waals surface area contributed by atoms with Crippen LogP contribution in [0.4, 0.5) is 14.7 Å². The number of anilines is 1. The molecule has 2 atom stereocenters. The molecular formula is C25H23F2N7O. The number of rotatable bonds is 5. The van der Waals surface area contributed by atoms with Crippen LogP contribution >= 0.6 is 0 Å². The van der Waals surface area contributed by atoms with Crippen LogP contribution in [0.1, 0.15) is 56.0 Å². The summed E-state index contributed by atoms with van der Waals surface area (Å²) in [5.41, 5.74) is 5.00. The first-order valence-corrected chi connectivity index (χ1v) is 11.6. The summed E-state index contributed by atoms with van der Waals surface area (Å²) in [5.74, 6) is -0.870. The Kier molecular flexibility index (Phi) is 4.71. The molecule has 6 rings (SSSR count). The van der Waals surface area contributed by atoms with Gasteiger partial charge in [0.1, 0.15) is 11.6 Å². The standard InChI is InChI=1S/C25H23F2N7O/c1-24(2)15-6-8-25(24,19-7-9-28-23(30-19)29-12-13-10-20(35)33-31-13)22-14(15)11-18(32-34-22)21-16(26)4-3-5-17(21)27/h3-5,7,9,11,15H,6,8,10,12H2,1-2H3,(H,33,35)(H,28,29,30)/t15-,25-/m0/s1. The Bertz CT molecular complexity index is 1390.